The van der Waals surface area contributed by atoms with Crippen molar-refractivity contribution in [3.8, 4) is 17.1 Å². The van der Waals surface area contributed by atoms with Crippen LogP contribution >= 0.6 is 35.0 Å². The third kappa shape index (κ3) is 5.32. The van der Waals surface area contributed by atoms with Gasteiger partial charge in [0, 0.05) is 28.9 Å². The first-order valence-corrected chi connectivity index (χ1v) is 10.3. The molecular weight excluding hydrogens is 431 g/mol. The molecule has 6 nitrogen and oxygen atoms in total. The molecule has 3 rings (SSSR count). The Balaban J connectivity index is 1.74. The molecule has 3 aromatic rings. The fourth-order valence-corrected chi connectivity index (χ4v) is 3.83. The van der Waals surface area contributed by atoms with Crippen molar-refractivity contribution in [3.05, 3.63) is 65.2 Å². The molecule has 0 spiro atoms. The van der Waals surface area contributed by atoms with Crippen LogP contribution in [0.5, 0.6) is 5.75 Å². The Kier molecular flexibility index (Phi) is 7.19. The Morgan fingerprint density at radius 3 is 2.83 bits per heavy atom. The summed E-state index contributed by atoms with van der Waals surface area (Å²) in [6, 6.07) is 12.4. The van der Waals surface area contributed by atoms with Crippen LogP contribution in [-0.4, -0.2) is 33.5 Å². The summed E-state index contributed by atoms with van der Waals surface area (Å²) >= 11 is 13.6. The first-order valence-electron chi connectivity index (χ1n) is 8.58. The standard InChI is InChI=1S/C20H18Cl2N4O2S/c1-3-9-26-19(16-8-7-13(21)10-17(16)22)24-25-20(26)29-12-18(27)23-14-5-4-6-15(11-14)28-2/h3-8,10-11H,1,9,12H2,2H3,(H,23,27). The zero-order valence-corrected chi connectivity index (χ0v) is 17.9. The van der Waals surface area contributed by atoms with E-state index >= 15 is 0 Å². The van der Waals surface area contributed by atoms with Crippen LogP contribution in [0.3, 0.4) is 0 Å². The summed E-state index contributed by atoms with van der Waals surface area (Å²) in [6.45, 7) is 4.26. The zero-order chi connectivity index (χ0) is 20.8. The van der Waals surface area contributed by atoms with E-state index in [0.717, 1.165) is 0 Å². The van der Waals surface area contributed by atoms with E-state index in [-0.39, 0.29) is 11.7 Å². The van der Waals surface area contributed by atoms with Gasteiger partial charge in [-0.25, -0.2) is 0 Å². The van der Waals surface area contributed by atoms with Gasteiger partial charge in [-0.3, -0.25) is 9.36 Å². The van der Waals surface area contributed by atoms with Crippen molar-refractivity contribution >= 4 is 46.6 Å². The molecule has 0 fully saturated rings. The van der Waals surface area contributed by atoms with Crippen LogP contribution in [0, 0.1) is 0 Å². The first-order chi connectivity index (χ1) is 14.0. The summed E-state index contributed by atoms with van der Waals surface area (Å²) in [7, 11) is 1.58. The average molecular weight is 449 g/mol. The number of hydrogen-bond donors (Lipinski definition) is 1. The van der Waals surface area contributed by atoms with Gasteiger partial charge in [0.05, 0.1) is 17.9 Å². The molecule has 0 unspecified atom stereocenters. The highest BCUT2D eigenvalue weighted by molar-refractivity contribution is 7.99. The lowest BCUT2D eigenvalue weighted by Gasteiger charge is -2.09. The molecule has 0 aliphatic heterocycles. The van der Waals surface area contributed by atoms with Crippen molar-refractivity contribution in [1.29, 1.82) is 0 Å². The molecule has 0 saturated heterocycles. The number of nitrogens with one attached hydrogen (secondary N) is 1. The number of allylic oxidation sites excluding steroid dienone is 1. The second-order valence-corrected chi connectivity index (χ2v) is 7.68. The van der Waals surface area contributed by atoms with E-state index in [1.165, 1.54) is 11.8 Å². The minimum absolute atomic E-state index is 0.164. The number of aromatic nitrogens is 3. The average Bonchev–Trinajstić information content (AvgIpc) is 3.09. The maximum absolute atomic E-state index is 12.3. The van der Waals surface area contributed by atoms with Gasteiger partial charge >= 0.3 is 0 Å². The van der Waals surface area contributed by atoms with Gasteiger partial charge in [-0.05, 0) is 30.3 Å². The minimum atomic E-state index is -0.164. The van der Waals surface area contributed by atoms with Crippen LogP contribution in [0.1, 0.15) is 0 Å². The lowest BCUT2D eigenvalue weighted by molar-refractivity contribution is -0.113. The van der Waals surface area contributed by atoms with E-state index < -0.39 is 0 Å². The van der Waals surface area contributed by atoms with Crippen molar-refractivity contribution in [1.82, 2.24) is 14.8 Å². The topological polar surface area (TPSA) is 69.0 Å². The first kappa shape index (κ1) is 21.2. The Morgan fingerprint density at radius 2 is 2.10 bits per heavy atom. The number of methoxy groups -OCH3 is 1. The van der Waals surface area contributed by atoms with Gasteiger partial charge in [0.2, 0.25) is 5.91 Å². The van der Waals surface area contributed by atoms with E-state index in [0.29, 0.717) is 44.6 Å². The van der Waals surface area contributed by atoms with Crippen molar-refractivity contribution in [2.75, 3.05) is 18.2 Å². The summed E-state index contributed by atoms with van der Waals surface area (Å²) in [5, 5.41) is 12.9. The van der Waals surface area contributed by atoms with Crippen LogP contribution in [0.15, 0.2) is 60.3 Å². The van der Waals surface area contributed by atoms with Crippen LogP contribution in [0.4, 0.5) is 5.69 Å². The van der Waals surface area contributed by atoms with Gasteiger partial charge in [0.15, 0.2) is 11.0 Å². The lowest BCUT2D eigenvalue weighted by Crippen LogP contribution is -2.14. The molecular formula is C20H18Cl2N4O2S. The third-order valence-corrected chi connectivity index (χ3v) is 5.40. The Hall–Kier alpha value is -2.48. The van der Waals surface area contributed by atoms with E-state index in [2.05, 4.69) is 22.1 Å². The number of carbonyl (C=O) groups excluding carboxylic acids is 1. The zero-order valence-electron chi connectivity index (χ0n) is 15.6. The number of amides is 1. The molecule has 1 N–H and O–H groups in total. The Labute approximate surface area is 182 Å². The van der Waals surface area contributed by atoms with E-state index in [1.807, 2.05) is 16.7 Å². The van der Waals surface area contributed by atoms with Crippen LogP contribution in [0.25, 0.3) is 11.4 Å². The number of thioether (sulfide) groups is 1. The number of hydrogen-bond acceptors (Lipinski definition) is 5. The maximum Gasteiger partial charge on any atom is 0.234 e. The Morgan fingerprint density at radius 1 is 1.28 bits per heavy atom. The van der Waals surface area contributed by atoms with Crippen molar-refractivity contribution in [3.63, 3.8) is 0 Å². The molecule has 1 amide bonds. The predicted molar refractivity (Wildman–Crippen MR) is 118 cm³/mol. The van der Waals surface area contributed by atoms with Crippen LogP contribution < -0.4 is 10.1 Å². The highest BCUT2D eigenvalue weighted by Crippen LogP contribution is 2.31. The molecule has 0 aliphatic rings. The smallest absolute Gasteiger partial charge is 0.234 e. The van der Waals surface area contributed by atoms with E-state index in [1.54, 1.807) is 43.5 Å². The lowest BCUT2D eigenvalue weighted by atomic mass is 10.2. The van der Waals surface area contributed by atoms with Crippen LogP contribution in [0.2, 0.25) is 10.0 Å². The number of halogens is 2. The van der Waals surface area contributed by atoms with E-state index in [9.17, 15) is 4.79 Å². The predicted octanol–water partition coefficient (Wildman–Crippen LogP) is 5.18. The fraction of sp³-hybridized carbons (Fsp3) is 0.150. The molecule has 0 atom stereocenters. The fourth-order valence-electron chi connectivity index (χ4n) is 2.59. The van der Waals surface area contributed by atoms with Crippen LogP contribution in [-0.2, 0) is 11.3 Å². The number of benzene rings is 2. The normalized spacial score (nSPS) is 10.6. The molecule has 1 heterocycles. The summed E-state index contributed by atoms with van der Waals surface area (Å²) < 4.78 is 7.02. The molecule has 0 radical (unpaired) electrons. The summed E-state index contributed by atoms with van der Waals surface area (Å²) in [5.74, 6) is 1.26. The molecule has 150 valence electrons. The summed E-state index contributed by atoms with van der Waals surface area (Å²) in [4.78, 5) is 12.3. The maximum atomic E-state index is 12.3. The van der Waals surface area contributed by atoms with Crippen molar-refractivity contribution < 1.29 is 9.53 Å². The highest BCUT2D eigenvalue weighted by Gasteiger charge is 2.17. The quantitative estimate of drug-likeness (QED) is 0.379. The second-order valence-electron chi connectivity index (χ2n) is 5.90. The number of nitrogens with zero attached hydrogens (tertiary/aromatic N) is 3. The Bertz CT molecular complexity index is 1040. The van der Waals surface area contributed by atoms with Crippen molar-refractivity contribution in [2.45, 2.75) is 11.7 Å². The third-order valence-electron chi connectivity index (χ3n) is 3.89. The van der Waals surface area contributed by atoms with Gasteiger partial charge in [-0.1, -0.05) is 47.1 Å². The van der Waals surface area contributed by atoms with Crippen molar-refractivity contribution in [2.24, 2.45) is 0 Å². The number of ether oxygens (including phenoxy) is 1. The van der Waals surface area contributed by atoms with Gasteiger partial charge in [-0.15, -0.1) is 16.8 Å². The minimum Gasteiger partial charge on any atom is -0.497 e. The largest absolute Gasteiger partial charge is 0.497 e. The molecule has 1 aromatic heterocycles. The van der Waals surface area contributed by atoms with Gasteiger partial charge < -0.3 is 10.1 Å². The van der Waals surface area contributed by atoms with Gasteiger partial charge in [-0.2, -0.15) is 0 Å². The monoisotopic (exact) mass is 448 g/mol. The summed E-state index contributed by atoms with van der Waals surface area (Å²) in [6.07, 6.45) is 1.73. The SMILES string of the molecule is C=CCn1c(SCC(=O)Nc2cccc(OC)c2)nnc1-c1ccc(Cl)cc1Cl. The molecule has 0 bridgehead atoms. The highest BCUT2D eigenvalue weighted by atomic mass is 35.5. The number of anilines is 1. The number of carbonyl (C=O) groups is 1. The van der Waals surface area contributed by atoms with E-state index in [4.69, 9.17) is 27.9 Å². The molecule has 0 aliphatic carbocycles. The molecule has 2 aromatic carbocycles. The van der Waals surface area contributed by atoms with Gasteiger partial charge in [0.25, 0.3) is 0 Å². The second kappa shape index (κ2) is 9.82. The molecule has 9 heteroatoms. The molecule has 29 heavy (non-hydrogen) atoms. The van der Waals surface area contributed by atoms with Gasteiger partial charge in [0.1, 0.15) is 5.75 Å². The molecule has 0 saturated carbocycles. The summed E-state index contributed by atoms with van der Waals surface area (Å²) in [5.41, 5.74) is 1.37. The number of rotatable bonds is 8.